The van der Waals surface area contributed by atoms with Crippen molar-refractivity contribution in [3.8, 4) is 0 Å². The second kappa shape index (κ2) is 9.62. The number of nitrogens with one attached hydrogen (secondary N) is 1. The number of aromatic nitrogens is 3. The van der Waals surface area contributed by atoms with E-state index in [0.717, 1.165) is 24.2 Å². The average molecular weight is 364 g/mol. The molecular weight excluding hydrogens is 340 g/mol. The van der Waals surface area contributed by atoms with E-state index in [1.165, 1.54) is 5.56 Å². The molecule has 0 saturated carbocycles. The summed E-state index contributed by atoms with van der Waals surface area (Å²) in [4.78, 5) is 16.4. The molecule has 1 aromatic carbocycles. The van der Waals surface area contributed by atoms with E-state index in [4.69, 9.17) is 4.42 Å². The Morgan fingerprint density at radius 3 is 2.48 bits per heavy atom. The SMILES string of the molecule is Cc1cccc(CCNC(=O)CCc2nnc(CCc3ccccc3)o2)n1. The molecule has 0 unspecified atom stereocenters. The van der Waals surface area contributed by atoms with E-state index >= 15 is 0 Å². The molecule has 3 rings (SSSR count). The number of carbonyl (C=O) groups is 1. The zero-order valence-electron chi connectivity index (χ0n) is 15.5. The van der Waals surface area contributed by atoms with Crippen LogP contribution >= 0.6 is 0 Å². The number of pyridine rings is 1. The van der Waals surface area contributed by atoms with Crippen molar-refractivity contribution >= 4 is 5.91 Å². The number of aryl methyl sites for hydroxylation is 4. The number of amides is 1. The van der Waals surface area contributed by atoms with E-state index < -0.39 is 0 Å². The van der Waals surface area contributed by atoms with Gasteiger partial charge in [-0.1, -0.05) is 36.4 Å². The van der Waals surface area contributed by atoms with Gasteiger partial charge in [-0.25, -0.2) is 0 Å². The maximum absolute atomic E-state index is 12.0. The van der Waals surface area contributed by atoms with Crippen LogP contribution < -0.4 is 5.32 Å². The van der Waals surface area contributed by atoms with Crippen LogP contribution in [0.5, 0.6) is 0 Å². The third-order valence-corrected chi connectivity index (χ3v) is 4.19. The summed E-state index contributed by atoms with van der Waals surface area (Å²) in [5.41, 5.74) is 3.20. The first kappa shape index (κ1) is 18.8. The molecule has 0 spiro atoms. The minimum Gasteiger partial charge on any atom is -0.425 e. The van der Waals surface area contributed by atoms with Gasteiger partial charge in [0.05, 0.1) is 0 Å². The van der Waals surface area contributed by atoms with Crippen LogP contribution in [0.2, 0.25) is 0 Å². The third kappa shape index (κ3) is 6.33. The Morgan fingerprint density at radius 1 is 0.926 bits per heavy atom. The molecule has 140 valence electrons. The number of carbonyl (C=O) groups excluding carboxylic acids is 1. The molecule has 27 heavy (non-hydrogen) atoms. The van der Waals surface area contributed by atoms with E-state index in [9.17, 15) is 4.79 Å². The minimum atomic E-state index is -0.0216. The Balaban J connectivity index is 1.36. The van der Waals surface area contributed by atoms with Gasteiger partial charge in [-0.05, 0) is 31.0 Å². The quantitative estimate of drug-likeness (QED) is 0.631. The maximum Gasteiger partial charge on any atom is 0.220 e. The molecule has 0 fully saturated rings. The first-order valence-electron chi connectivity index (χ1n) is 9.23. The normalized spacial score (nSPS) is 10.7. The van der Waals surface area contributed by atoms with Gasteiger partial charge < -0.3 is 9.73 Å². The molecule has 6 heteroatoms. The Bertz CT molecular complexity index is 861. The predicted octanol–water partition coefficient (Wildman–Crippen LogP) is 2.85. The van der Waals surface area contributed by atoms with Crippen LogP contribution in [-0.4, -0.2) is 27.6 Å². The van der Waals surface area contributed by atoms with Crippen LogP contribution in [0.25, 0.3) is 0 Å². The number of rotatable bonds is 9. The van der Waals surface area contributed by atoms with Gasteiger partial charge in [-0.3, -0.25) is 9.78 Å². The fraction of sp³-hybridized carbons (Fsp3) is 0.333. The third-order valence-electron chi connectivity index (χ3n) is 4.19. The Hall–Kier alpha value is -3.02. The summed E-state index contributed by atoms with van der Waals surface area (Å²) in [5, 5.41) is 11.0. The van der Waals surface area contributed by atoms with E-state index in [1.807, 2.05) is 43.3 Å². The summed E-state index contributed by atoms with van der Waals surface area (Å²) in [6.45, 7) is 2.53. The number of hydrogen-bond acceptors (Lipinski definition) is 5. The lowest BCUT2D eigenvalue weighted by Gasteiger charge is -2.04. The van der Waals surface area contributed by atoms with E-state index in [-0.39, 0.29) is 5.91 Å². The largest absolute Gasteiger partial charge is 0.425 e. The number of nitrogens with zero attached hydrogens (tertiary/aromatic N) is 3. The summed E-state index contributed by atoms with van der Waals surface area (Å²) < 4.78 is 5.63. The lowest BCUT2D eigenvalue weighted by Crippen LogP contribution is -2.26. The fourth-order valence-electron chi connectivity index (χ4n) is 2.76. The highest BCUT2D eigenvalue weighted by atomic mass is 16.4. The highest BCUT2D eigenvalue weighted by Gasteiger charge is 2.09. The summed E-state index contributed by atoms with van der Waals surface area (Å²) >= 11 is 0. The van der Waals surface area contributed by atoms with Crippen molar-refractivity contribution in [3.63, 3.8) is 0 Å². The second-order valence-electron chi connectivity index (χ2n) is 6.45. The monoisotopic (exact) mass is 364 g/mol. The van der Waals surface area contributed by atoms with Crippen molar-refractivity contribution in [1.82, 2.24) is 20.5 Å². The van der Waals surface area contributed by atoms with Gasteiger partial charge in [-0.2, -0.15) is 0 Å². The zero-order chi connectivity index (χ0) is 18.9. The first-order valence-corrected chi connectivity index (χ1v) is 9.23. The van der Waals surface area contributed by atoms with Gasteiger partial charge in [0.15, 0.2) is 0 Å². The van der Waals surface area contributed by atoms with Gasteiger partial charge in [0.2, 0.25) is 17.7 Å². The molecule has 2 heterocycles. The van der Waals surface area contributed by atoms with Crippen LogP contribution in [0.1, 0.15) is 35.2 Å². The zero-order valence-corrected chi connectivity index (χ0v) is 15.5. The molecule has 3 aromatic rings. The van der Waals surface area contributed by atoms with Crippen molar-refractivity contribution in [1.29, 1.82) is 0 Å². The molecule has 0 atom stereocenters. The smallest absolute Gasteiger partial charge is 0.220 e. The van der Waals surface area contributed by atoms with Crippen LogP contribution in [0.3, 0.4) is 0 Å². The summed E-state index contributed by atoms with van der Waals surface area (Å²) in [6, 6.07) is 16.1. The van der Waals surface area contributed by atoms with Crippen molar-refractivity contribution in [3.05, 3.63) is 77.3 Å². The lowest BCUT2D eigenvalue weighted by atomic mass is 10.1. The van der Waals surface area contributed by atoms with E-state index in [1.54, 1.807) is 0 Å². The molecule has 2 aromatic heterocycles. The predicted molar refractivity (Wildman–Crippen MR) is 102 cm³/mol. The molecule has 0 aliphatic heterocycles. The average Bonchev–Trinajstić information content (AvgIpc) is 3.14. The molecular formula is C21H24N4O2. The first-order chi connectivity index (χ1) is 13.2. The number of hydrogen-bond donors (Lipinski definition) is 1. The van der Waals surface area contributed by atoms with Crippen LogP contribution in [-0.2, 0) is 30.5 Å². The minimum absolute atomic E-state index is 0.0216. The van der Waals surface area contributed by atoms with Gasteiger partial charge in [0.1, 0.15) is 0 Å². The van der Waals surface area contributed by atoms with E-state index in [2.05, 4.69) is 32.6 Å². The molecule has 0 aliphatic carbocycles. The van der Waals surface area contributed by atoms with Crippen molar-refractivity contribution in [2.45, 2.75) is 39.0 Å². The van der Waals surface area contributed by atoms with Crippen LogP contribution in [0.15, 0.2) is 52.9 Å². The van der Waals surface area contributed by atoms with Gasteiger partial charge in [-0.15, -0.1) is 10.2 Å². The summed E-state index contributed by atoms with van der Waals surface area (Å²) in [5.74, 6) is 1.10. The Kier molecular flexibility index (Phi) is 6.68. The van der Waals surface area contributed by atoms with Gasteiger partial charge in [0.25, 0.3) is 0 Å². The Morgan fingerprint density at radius 2 is 1.70 bits per heavy atom. The molecule has 6 nitrogen and oxygen atoms in total. The molecule has 0 aliphatic rings. The molecule has 1 amide bonds. The van der Waals surface area contributed by atoms with Crippen LogP contribution in [0.4, 0.5) is 0 Å². The standard InChI is InChI=1S/C21H24N4O2/c1-16-6-5-9-18(23-16)14-15-22-19(26)11-13-21-25-24-20(27-21)12-10-17-7-3-2-4-8-17/h2-9H,10-15H2,1H3,(H,22,26). The van der Waals surface area contributed by atoms with Gasteiger partial charge >= 0.3 is 0 Å². The summed E-state index contributed by atoms with van der Waals surface area (Å²) in [7, 11) is 0. The van der Waals surface area contributed by atoms with Crippen LogP contribution in [0, 0.1) is 6.92 Å². The highest BCUT2D eigenvalue weighted by Crippen LogP contribution is 2.08. The second-order valence-corrected chi connectivity index (χ2v) is 6.45. The molecule has 0 radical (unpaired) electrons. The highest BCUT2D eigenvalue weighted by molar-refractivity contribution is 5.75. The van der Waals surface area contributed by atoms with Crippen molar-refractivity contribution in [2.75, 3.05) is 6.54 Å². The fourth-order valence-corrected chi connectivity index (χ4v) is 2.76. The topological polar surface area (TPSA) is 80.9 Å². The summed E-state index contributed by atoms with van der Waals surface area (Å²) in [6.07, 6.45) is 3.06. The molecule has 0 saturated heterocycles. The van der Waals surface area contributed by atoms with Crippen molar-refractivity contribution < 1.29 is 9.21 Å². The molecule has 1 N–H and O–H groups in total. The molecule has 0 bridgehead atoms. The number of benzene rings is 1. The van der Waals surface area contributed by atoms with Crippen molar-refractivity contribution in [2.24, 2.45) is 0 Å². The maximum atomic E-state index is 12.0. The lowest BCUT2D eigenvalue weighted by molar-refractivity contribution is -0.121. The van der Waals surface area contributed by atoms with E-state index in [0.29, 0.717) is 37.6 Å². The van der Waals surface area contributed by atoms with Gasteiger partial charge in [0, 0.05) is 43.6 Å². The Labute approximate surface area is 159 Å².